The quantitative estimate of drug-likeness (QED) is 0.563. The van der Waals surface area contributed by atoms with Gasteiger partial charge in [-0.15, -0.1) is 0 Å². The van der Waals surface area contributed by atoms with Crippen molar-refractivity contribution in [2.75, 3.05) is 0 Å². The summed E-state index contributed by atoms with van der Waals surface area (Å²) in [6, 6.07) is 7.17. The van der Waals surface area contributed by atoms with Crippen LogP contribution in [0.5, 0.6) is 0 Å². The van der Waals surface area contributed by atoms with Crippen LogP contribution in [0.15, 0.2) is 29.2 Å². The van der Waals surface area contributed by atoms with Gasteiger partial charge in [0.2, 0.25) is 0 Å². The van der Waals surface area contributed by atoms with E-state index in [1.165, 1.54) is 5.56 Å². The molecule has 14 heavy (non-hydrogen) atoms. The van der Waals surface area contributed by atoms with Gasteiger partial charge in [0, 0.05) is 18.9 Å². The molecule has 1 unspecified atom stereocenters. The number of rotatable bonds is 1. The van der Waals surface area contributed by atoms with Crippen molar-refractivity contribution in [3.8, 4) is 0 Å². The molecule has 1 aromatic carbocycles. The van der Waals surface area contributed by atoms with E-state index in [0.717, 1.165) is 0 Å². The van der Waals surface area contributed by atoms with E-state index in [0.29, 0.717) is 4.90 Å². The molecule has 1 radical (unpaired) electrons. The first-order valence-corrected chi connectivity index (χ1v) is 5.23. The Morgan fingerprint density at radius 1 is 1.14 bits per heavy atom. The zero-order chi connectivity index (χ0) is 10.1. The Bertz CT molecular complexity index is 314. The van der Waals surface area contributed by atoms with Crippen molar-refractivity contribution in [3.05, 3.63) is 29.8 Å². The van der Waals surface area contributed by atoms with E-state index in [4.69, 9.17) is 4.55 Å². The first-order valence-electron chi connectivity index (χ1n) is 4.12. The molecule has 1 atom stereocenters. The summed E-state index contributed by atoms with van der Waals surface area (Å²) in [6.45, 7) is 6.33. The van der Waals surface area contributed by atoms with E-state index in [2.05, 4.69) is 20.8 Å². The summed E-state index contributed by atoms with van der Waals surface area (Å²) in [7, 11) is 0. The normalized spacial score (nSPS) is 13.1. The third-order valence-electron chi connectivity index (χ3n) is 1.92. The first kappa shape index (κ1) is 13.9. The molecule has 0 amide bonds. The SMILES string of the molecule is CC(C)(C)c1ccc(S(=O)O)cc1.[Li]. The Morgan fingerprint density at radius 2 is 1.57 bits per heavy atom. The van der Waals surface area contributed by atoms with Gasteiger partial charge in [-0.1, -0.05) is 32.9 Å². The zero-order valence-electron chi connectivity index (χ0n) is 9.07. The number of hydrogen-bond acceptors (Lipinski definition) is 1. The molecule has 2 nitrogen and oxygen atoms in total. The van der Waals surface area contributed by atoms with E-state index in [1.54, 1.807) is 12.1 Å². The van der Waals surface area contributed by atoms with Gasteiger partial charge in [-0.05, 0) is 23.1 Å². The zero-order valence-corrected chi connectivity index (χ0v) is 9.89. The fraction of sp³-hybridized carbons (Fsp3) is 0.400. The minimum absolute atomic E-state index is 0. The van der Waals surface area contributed by atoms with Crippen LogP contribution in [0, 0.1) is 0 Å². The smallest absolute Gasteiger partial charge is 0.186 e. The van der Waals surface area contributed by atoms with Gasteiger partial charge in [-0.2, -0.15) is 0 Å². The van der Waals surface area contributed by atoms with Gasteiger partial charge < -0.3 is 4.55 Å². The topological polar surface area (TPSA) is 37.3 Å². The Balaban J connectivity index is 0.00000169. The second kappa shape index (κ2) is 5.13. The molecule has 0 saturated heterocycles. The molecule has 0 fully saturated rings. The molecule has 1 rings (SSSR count). The van der Waals surface area contributed by atoms with Gasteiger partial charge in [0.25, 0.3) is 0 Å². The van der Waals surface area contributed by atoms with Crippen LogP contribution >= 0.6 is 0 Å². The van der Waals surface area contributed by atoms with Crippen molar-refractivity contribution in [3.63, 3.8) is 0 Å². The molecular weight excluding hydrogens is 191 g/mol. The Kier molecular flexibility index (Phi) is 5.11. The molecule has 1 N–H and O–H groups in total. The van der Waals surface area contributed by atoms with Crippen molar-refractivity contribution in [1.82, 2.24) is 0 Å². The van der Waals surface area contributed by atoms with Crippen LogP contribution in [0.25, 0.3) is 0 Å². The van der Waals surface area contributed by atoms with Crippen LogP contribution < -0.4 is 0 Å². The summed E-state index contributed by atoms with van der Waals surface area (Å²) in [6.07, 6.45) is 0. The van der Waals surface area contributed by atoms with Crippen molar-refractivity contribution in [2.45, 2.75) is 31.1 Å². The average Bonchev–Trinajstić information content (AvgIpc) is 2.03. The van der Waals surface area contributed by atoms with Gasteiger partial charge in [-0.25, -0.2) is 4.21 Å². The molecule has 0 spiro atoms. The molecule has 0 aromatic heterocycles. The molecule has 0 aliphatic carbocycles. The molecule has 0 saturated carbocycles. The van der Waals surface area contributed by atoms with Crippen LogP contribution in [-0.2, 0) is 16.5 Å². The van der Waals surface area contributed by atoms with Crippen LogP contribution in [0.2, 0.25) is 0 Å². The summed E-state index contributed by atoms with van der Waals surface area (Å²) in [5.74, 6) is 0. The molecule has 0 bridgehead atoms. The Morgan fingerprint density at radius 3 is 1.86 bits per heavy atom. The Hall–Kier alpha value is -0.0726. The van der Waals surface area contributed by atoms with Crippen molar-refractivity contribution < 1.29 is 8.76 Å². The van der Waals surface area contributed by atoms with Gasteiger partial charge >= 0.3 is 0 Å². The predicted molar refractivity (Wildman–Crippen MR) is 59.9 cm³/mol. The van der Waals surface area contributed by atoms with Gasteiger partial charge in [-0.3, -0.25) is 0 Å². The van der Waals surface area contributed by atoms with E-state index in [1.807, 2.05) is 12.1 Å². The van der Waals surface area contributed by atoms with Crippen molar-refractivity contribution >= 4 is 29.9 Å². The standard InChI is InChI=1S/C10H14O2S.Li/c1-10(2,3)8-4-6-9(7-5-8)13(11)12;/h4-7H,1-3H3,(H,11,12);. The minimum Gasteiger partial charge on any atom is -0.302 e. The van der Waals surface area contributed by atoms with Crippen molar-refractivity contribution in [2.24, 2.45) is 0 Å². The summed E-state index contributed by atoms with van der Waals surface area (Å²) >= 11 is -1.86. The molecule has 0 aliphatic heterocycles. The molecule has 4 heteroatoms. The van der Waals surface area contributed by atoms with Crippen LogP contribution in [0.1, 0.15) is 26.3 Å². The summed E-state index contributed by atoms with van der Waals surface area (Å²) in [5, 5.41) is 0. The largest absolute Gasteiger partial charge is 0.302 e. The van der Waals surface area contributed by atoms with Crippen LogP contribution in [-0.4, -0.2) is 27.6 Å². The van der Waals surface area contributed by atoms with E-state index in [9.17, 15) is 4.21 Å². The second-order valence-corrected chi connectivity index (χ2v) is 4.99. The van der Waals surface area contributed by atoms with Crippen LogP contribution in [0.3, 0.4) is 0 Å². The average molecular weight is 205 g/mol. The predicted octanol–water partition coefficient (Wildman–Crippen LogP) is 2.18. The van der Waals surface area contributed by atoms with E-state index >= 15 is 0 Å². The number of hydrogen-bond donors (Lipinski definition) is 1. The Labute approximate surface area is 99.6 Å². The molecular formula is C10H14LiO2S. The maximum Gasteiger partial charge on any atom is 0.186 e. The second-order valence-electron chi connectivity index (χ2n) is 4.02. The minimum atomic E-state index is -1.86. The van der Waals surface area contributed by atoms with E-state index in [-0.39, 0.29) is 24.3 Å². The van der Waals surface area contributed by atoms with Crippen LogP contribution in [0.4, 0.5) is 0 Å². The summed E-state index contributed by atoms with van der Waals surface area (Å²) in [4.78, 5) is 0.452. The van der Waals surface area contributed by atoms with Crippen molar-refractivity contribution in [1.29, 1.82) is 0 Å². The molecule has 0 aliphatic rings. The van der Waals surface area contributed by atoms with E-state index < -0.39 is 11.1 Å². The number of benzene rings is 1. The van der Waals surface area contributed by atoms with Gasteiger partial charge in [0.1, 0.15) is 0 Å². The molecule has 0 heterocycles. The molecule has 1 aromatic rings. The summed E-state index contributed by atoms with van der Waals surface area (Å²) in [5.41, 5.74) is 1.26. The fourth-order valence-electron chi connectivity index (χ4n) is 1.07. The monoisotopic (exact) mass is 205 g/mol. The molecule has 73 valence electrons. The first-order chi connectivity index (χ1) is 5.91. The fourth-order valence-corrected chi connectivity index (χ4v) is 1.44. The maximum absolute atomic E-state index is 10.7. The summed E-state index contributed by atoms with van der Waals surface area (Å²) < 4.78 is 19.5. The van der Waals surface area contributed by atoms with Gasteiger partial charge in [0.05, 0.1) is 4.90 Å². The third-order valence-corrected chi connectivity index (χ3v) is 2.60. The van der Waals surface area contributed by atoms with Gasteiger partial charge in [0.15, 0.2) is 11.1 Å². The maximum atomic E-state index is 10.7. The third kappa shape index (κ3) is 3.59.